The van der Waals surface area contributed by atoms with Crippen LogP contribution in [0.5, 0.6) is 0 Å². The molecule has 0 aromatic carbocycles. The number of carboxylic acid groups (broad SMARTS) is 1. The Balaban J connectivity index is 2.63. The van der Waals surface area contributed by atoms with E-state index in [0.717, 1.165) is 0 Å². The molecule has 1 amide bonds. The number of carbonyl (C=O) groups is 2. The first-order valence-corrected chi connectivity index (χ1v) is 6.47. The van der Waals surface area contributed by atoms with Crippen molar-refractivity contribution in [3.63, 3.8) is 0 Å². The summed E-state index contributed by atoms with van der Waals surface area (Å²) >= 11 is 1.31. The van der Waals surface area contributed by atoms with Gasteiger partial charge in [0.1, 0.15) is 10.7 Å². The highest BCUT2D eigenvalue weighted by molar-refractivity contribution is 7.09. The van der Waals surface area contributed by atoms with Crippen LogP contribution in [-0.2, 0) is 11.3 Å². The molecule has 1 heterocycles. The second kappa shape index (κ2) is 5.92. The van der Waals surface area contributed by atoms with Gasteiger partial charge in [-0.2, -0.15) is 0 Å². The van der Waals surface area contributed by atoms with Crippen LogP contribution in [0.3, 0.4) is 0 Å². The van der Waals surface area contributed by atoms with Gasteiger partial charge in [-0.15, -0.1) is 11.3 Å². The first kappa shape index (κ1) is 14.6. The summed E-state index contributed by atoms with van der Waals surface area (Å²) in [5.74, 6) is -1.29. The summed E-state index contributed by atoms with van der Waals surface area (Å²) in [6, 6.07) is 0. The van der Waals surface area contributed by atoms with E-state index in [1.54, 1.807) is 19.2 Å². The minimum Gasteiger partial charge on any atom is -0.481 e. The van der Waals surface area contributed by atoms with E-state index in [4.69, 9.17) is 10.8 Å². The highest BCUT2D eigenvalue weighted by atomic mass is 32.1. The van der Waals surface area contributed by atoms with Crippen molar-refractivity contribution in [1.29, 1.82) is 0 Å². The lowest BCUT2D eigenvalue weighted by Gasteiger charge is -2.22. The van der Waals surface area contributed by atoms with Gasteiger partial charge in [-0.1, -0.05) is 6.92 Å². The van der Waals surface area contributed by atoms with Crippen LogP contribution in [0.1, 0.15) is 35.8 Å². The molecule has 0 aliphatic rings. The molecule has 0 aliphatic carbocycles. The fourth-order valence-corrected chi connectivity index (χ4v) is 1.88. The Bertz CT molecular complexity index is 446. The Morgan fingerprint density at radius 1 is 1.61 bits per heavy atom. The van der Waals surface area contributed by atoms with E-state index in [2.05, 4.69) is 10.3 Å². The zero-order chi connectivity index (χ0) is 13.8. The third-order valence-electron chi connectivity index (χ3n) is 2.89. The molecule has 0 radical (unpaired) electrons. The van der Waals surface area contributed by atoms with Gasteiger partial charge in [-0.05, 0) is 13.3 Å². The van der Waals surface area contributed by atoms with Gasteiger partial charge in [0, 0.05) is 18.5 Å². The summed E-state index contributed by atoms with van der Waals surface area (Å²) in [4.78, 5) is 26.9. The second-order valence-electron chi connectivity index (χ2n) is 4.23. The number of aromatic nitrogens is 1. The van der Waals surface area contributed by atoms with Gasteiger partial charge >= 0.3 is 5.97 Å². The van der Waals surface area contributed by atoms with E-state index in [1.165, 1.54) is 11.3 Å². The smallest absolute Gasteiger partial charge is 0.311 e. The SMILES string of the molecule is CCC(C)(CNC(=O)c1csc(CN)n1)C(=O)O. The summed E-state index contributed by atoms with van der Waals surface area (Å²) in [5, 5.41) is 14.0. The molecule has 4 N–H and O–H groups in total. The lowest BCUT2D eigenvalue weighted by Crippen LogP contribution is -2.40. The summed E-state index contributed by atoms with van der Waals surface area (Å²) in [6.45, 7) is 3.74. The molecule has 1 aromatic rings. The van der Waals surface area contributed by atoms with Gasteiger partial charge < -0.3 is 16.2 Å². The van der Waals surface area contributed by atoms with E-state index in [-0.39, 0.29) is 18.1 Å². The molecule has 0 saturated carbocycles. The number of amides is 1. The Morgan fingerprint density at radius 3 is 2.72 bits per heavy atom. The van der Waals surface area contributed by atoms with Crippen LogP contribution in [0.25, 0.3) is 0 Å². The van der Waals surface area contributed by atoms with Crippen LogP contribution in [0.2, 0.25) is 0 Å². The number of hydrogen-bond donors (Lipinski definition) is 3. The van der Waals surface area contributed by atoms with Gasteiger partial charge in [-0.3, -0.25) is 9.59 Å². The fraction of sp³-hybridized carbons (Fsp3) is 0.545. The molecule has 7 heteroatoms. The van der Waals surface area contributed by atoms with Gasteiger partial charge in [-0.25, -0.2) is 4.98 Å². The predicted octanol–water partition coefficient (Wildman–Crippen LogP) is 0.833. The van der Waals surface area contributed by atoms with Gasteiger partial charge in [0.05, 0.1) is 5.41 Å². The molecule has 1 aromatic heterocycles. The lowest BCUT2D eigenvalue weighted by atomic mass is 9.88. The first-order valence-electron chi connectivity index (χ1n) is 5.59. The largest absolute Gasteiger partial charge is 0.481 e. The number of rotatable bonds is 6. The van der Waals surface area contributed by atoms with Crippen LogP contribution in [-0.4, -0.2) is 28.5 Å². The highest BCUT2D eigenvalue weighted by Crippen LogP contribution is 2.20. The first-order chi connectivity index (χ1) is 8.42. The molecule has 0 saturated heterocycles. The monoisotopic (exact) mass is 271 g/mol. The van der Waals surface area contributed by atoms with Crippen LogP contribution in [0, 0.1) is 5.41 Å². The van der Waals surface area contributed by atoms with Gasteiger partial charge in [0.2, 0.25) is 0 Å². The molecule has 18 heavy (non-hydrogen) atoms. The molecule has 6 nitrogen and oxygen atoms in total. The summed E-state index contributed by atoms with van der Waals surface area (Å²) < 4.78 is 0. The van der Waals surface area contributed by atoms with Crippen molar-refractivity contribution in [2.24, 2.45) is 11.1 Å². The predicted molar refractivity (Wildman–Crippen MR) is 68.4 cm³/mol. The highest BCUT2D eigenvalue weighted by Gasteiger charge is 2.31. The molecule has 0 fully saturated rings. The Morgan fingerprint density at radius 2 is 2.28 bits per heavy atom. The molecular formula is C11H17N3O3S. The van der Waals surface area contributed by atoms with Crippen molar-refractivity contribution in [2.75, 3.05) is 6.54 Å². The number of carboxylic acids is 1. The molecule has 0 bridgehead atoms. The number of hydrogen-bond acceptors (Lipinski definition) is 5. The average molecular weight is 271 g/mol. The fourth-order valence-electron chi connectivity index (χ4n) is 1.23. The number of thiazole rings is 1. The quantitative estimate of drug-likeness (QED) is 0.710. The molecular weight excluding hydrogens is 254 g/mol. The van der Waals surface area contributed by atoms with E-state index < -0.39 is 11.4 Å². The summed E-state index contributed by atoms with van der Waals surface area (Å²) in [5.41, 5.74) is 4.73. The molecule has 0 spiro atoms. The van der Waals surface area contributed by atoms with Crippen LogP contribution in [0.15, 0.2) is 5.38 Å². The van der Waals surface area contributed by atoms with Crippen LogP contribution < -0.4 is 11.1 Å². The standard InChI is InChI=1S/C11H17N3O3S/c1-3-11(2,10(16)17)6-13-9(15)7-5-18-8(4-12)14-7/h5H,3-4,6,12H2,1-2H3,(H,13,15)(H,16,17). The van der Waals surface area contributed by atoms with E-state index in [0.29, 0.717) is 18.0 Å². The van der Waals surface area contributed by atoms with Crippen molar-refractivity contribution in [3.05, 3.63) is 16.1 Å². The average Bonchev–Trinajstić information content (AvgIpc) is 2.84. The lowest BCUT2D eigenvalue weighted by molar-refractivity contribution is -0.147. The molecule has 1 rings (SSSR count). The summed E-state index contributed by atoms with van der Waals surface area (Å²) in [6.07, 6.45) is 0.438. The normalized spacial score (nSPS) is 13.9. The van der Waals surface area contributed by atoms with E-state index in [9.17, 15) is 9.59 Å². The van der Waals surface area contributed by atoms with E-state index in [1.807, 2.05) is 0 Å². The Kier molecular flexibility index (Phi) is 4.80. The van der Waals surface area contributed by atoms with Crippen molar-refractivity contribution in [2.45, 2.75) is 26.8 Å². The molecule has 100 valence electrons. The van der Waals surface area contributed by atoms with Crippen LogP contribution in [0.4, 0.5) is 0 Å². The van der Waals surface area contributed by atoms with Gasteiger partial charge in [0.15, 0.2) is 0 Å². The van der Waals surface area contributed by atoms with Gasteiger partial charge in [0.25, 0.3) is 5.91 Å². The minimum atomic E-state index is -0.956. The third kappa shape index (κ3) is 3.27. The minimum absolute atomic E-state index is 0.0765. The van der Waals surface area contributed by atoms with E-state index >= 15 is 0 Å². The maximum atomic E-state index is 11.8. The number of aliphatic carboxylic acids is 1. The van der Waals surface area contributed by atoms with Crippen molar-refractivity contribution in [3.8, 4) is 0 Å². The maximum absolute atomic E-state index is 11.8. The number of nitrogens with one attached hydrogen (secondary N) is 1. The zero-order valence-electron chi connectivity index (χ0n) is 10.4. The number of nitrogens with two attached hydrogens (primary N) is 1. The topological polar surface area (TPSA) is 105 Å². The number of carbonyl (C=O) groups excluding carboxylic acids is 1. The Labute approximate surface area is 109 Å². The second-order valence-corrected chi connectivity index (χ2v) is 5.18. The summed E-state index contributed by atoms with van der Waals surface area (Å²) in [7, 11) is 0. The molecule has 1 atom stereocenters. The molecule has 1 unspecified atom stereocenters. The van der Waals surface area contributed by atoms with Crippen molar-refractivity contribution < 1.29 is 14.7 Å². The molecule has 0 aliphatic heterocycles. The third-order valence-corrected chi connectivity index (χ3v) is 3.77. The number of nitrogens with zero attached hydrogens (tertiary/aromatic N) is 1. The zero-order valence-corrected chi connectivity index (χ0v) is 11.2. The van der Waals surface area contributed by atoms with Crippen LogP contribution >= 0.6 is 11.3 Å². The van der Waals surface area contributed by atoms with Crippen molar-refractivity contribution >= 4 is 23.2 Å². The Hall–Kier alpha value is -1.47. The maximum Gasteiger partial charge on any atom is 0.311 e. The van der Waals surface area contributed by atoms with Crippen molar-refractivity contribution in [1.82, 2.24) is 10.3 Å².